The van der Waals surface area contributed by atoms with Gasteiger partial charge >= 0.3 is 0 Å². The molecule has 0 aromatic heterocycles. The van der Waals surface area contributed by atoms with Crippen LogP contribution in [0.15, 0.2) is 48.5 Å². The molecule has 0 bridgehead atoms. The van der Waals surface area contributed by atoms with Crippen molar-refractivity contribution in [2.45, 2.75) is 13.5 Å². The Balaban J connectivity index is 0.00000312. The Morgan fingerprint density at radius 2 is 1.88 bits per heavy atom. The van der Waals surface area contributed by atoms with Crippen LogP contribution in [-0.4, -0.2) is 32.7 Å². The van der Waals surface area contributed by atoms with Crippen molar-refractivity contribution >= 4 is 24.0 Å². The summed E-state index contributed by atoms with van der Waals surface area (Å²) >= 11 is 0. The van der Waals surface area contributed by atoms with Gasteiger partial charge in [0.05, 0.1) is 13.2 Å². The fourth-order valence-corrected chi connectivity index (χ4v) is 2.18. The summed E-state index contributed by atoms with van der Waals surface area (Å²) in [5.41, 5.74) is 2.88. The quantitative estimate of drug-likeness (QED) is 0.671. The van der Waals surface area contributed by atoms with Crippen LogP contribution in [0.25, 0.3) is 0 Å². The van der Waals surface area contributed by atoms with Gasteiger partial charge in [0.15, 0.2) is 0 Å². The number of hydrogen-bond acceptors (Lipinski definition) is 4. The molecule has 2 rings (SSSR count). The lowest BCUT2D eigenvalue weighted by molar-refractivity contribution is -0.115. The molecule has 2 N–H and O–H groups in total. The molecule has 0 saturated carbocycles. The Bertz CT molecular complexity index is 650. The predicted octanol–water partition coefficient (Wildman–Crippen LogP) is 3.17. The summed E-state index contributed by atoms with van der Waals surface area (Å²) < 4.78 is 10.7. The van der Waals surface area contributed by atoms with Crippen molar-refractivity contribution < 1.29 is 14.3 Å². The van der Waals surface area contributed by atoms with Crippen molar-refractivity contribution in [2.75, 3.05) is 32.1 Å². The smallest absolute Gasteiger partial charge is 0.238 e. The van der Waals surface area contributed by atoms with Gasteiger partial charge in [-0.05, 0) is 36.2 Å². The first-order valence-electron chi connectivity index (χ1n) is 7.96. The fraction of sp³-hybridized carbons (Fsp3) is 0.316. The number of hydrogen-bond donors (Lipinski definition) is 2. The van der Waals surface area contributed by atoms with Gasteiger partial charge in [-0.2, -0.15) is 0 Å². The number of ether oxygens (including phenoxy) is 2. The molecule has 0 heterocycles. The van der Waals surface area contributed by atoms with Gasteiger partial charge in [0.1, 0.15) is 12.4 Å². The highest BCUT2D eigenvalue weighted by Crippen LogP contribution is 2.22. The van der Waals surface area contributed by atoms with Gasteiger partial charge in [-0.1, -0.05) is 30.3 Å². The van der Waals surface area contributed by atoms with E-state index in [-0.39, 0.29) is 24.9 Å². The Morgan fingerprint density at radius 1 is 1.12 bits per heavy atom. The first-order chi connectivity index (χ1) is 11.7. The maximum absolute atomic E-state index is 11.9. The second-order valence-electron chi connectivity index (χ2n) is 5.47. The van der Waals surface area contributed by atoms with E-state index in [0.717, 1.165) is 22.6 Å². The molecule has 0 saturated heterocycles. The van der Waals surface area contributed by atoms with Crippen LogP contribution in [0.2, 0.25) is 0 Å². The molecule has 0 spiro atoms. The van der Waals surface area contributed by atoms with Crippen LogP contribution in [-0.2, 0) is 16.1 Å². The van der Waals surface area contributed by atoms with Crippen LogP contribution >= 0.6 is 12.4 Å². The van der Waals surface area contributed by atoms with E-state index in [0.29, 0.717) is 19.8 Å². The number of amides is 1. The van der Waals surface area contributed by atoms with E-state index in [1.807, 2.05) is 55.5 Å². The molecule has 0 aliphatic heterocycles. The fourth-order valence-electron chi connectivity index (χ4n) is 2.18. The van der Waals surface area contributed by atoms with E-state index >= 15 is 0 Å². The third-order valence-corrected chi connectivity index (χ3v) is 3.49. The van der Waals surface area contributed by atoms with Crippen LogP contribution in [0, 0.1) is 6.92 Å². The van der Waals surface area contributed by atoms with Gasteiger partial charge < -0.3 is 20.1 Å². The van der Waals surface area contributed by atoms with Gasteiger partial charge in [0.25, 0.3) is 0 Å². The Morgan fingerprint density at radius 3 is 2.56 bits per heavy atom. The van der Waals surface area contributed by atoms with E-state index < -0.39 is 0 Å². The molecule has 6 heteroatoms. The van der Waals surface area contributed by atoms with Crippen LogP contribution < -0.4 is 15.4 Å². The first kappa shape index (κ1) is 21.0. The van der Waals surface area contributed by atoms with E-state index in [1.165, 1.54) is 0 Å². The average Bonchev–Trinajstić information content (AvgIpc) is 2.60. The number of carbonyl (C=O) groups excluding carboxylic acids is 1. The minimum Gasteiger partial charge on any atom is -0.489 e. The highest BCUT2D eigenvalue weighted by molar-refractivity contribution is 5.93. The maximum Gasteiger partial charge on any atom is 0.238 e. The first-order valence-corrected chi connectivity index (χ1v) is 7.96. The largest absolute Gasteiger partial charge is 0.489 e. The molecule has 0 radical (unpaired) electrons. The molecular weight excluding hydrogens is 340 g/mol. The Hall–Kier alpha value is -2.08. The van der Waals surface area contributed by atoms with Crippen LogP contribution in [0.1, 0.15) is 11.1 Å². The number of rotatable bonds is 9. The lowest BCUT2D eigenvalue weighted by Crippen LogP contribution is -2.30. The standard InChI is InChI=1S/C19H24N2O3.ClH/c1-15-12-17(24-14-16-6-4-3-5-7-16)8-9-18(15)21-19(22)13-20-10-11-23-2;/h3-9,12,20H,10-11,13-14H2,1-2H3,(H,21,22);1H. The molecule has 0 aliphatic rings. The summed E-state index contributed by atoms with van der Waals surface area (Å²) in [7, 11) is 1.63. The van der Waals surface area contributed by atoms with Crippen LogP contribution in [0.3, 0.4) is 0 Å². The third kappa shape index (κ3) is 7.56. The molecule has 136 valence electrons. The highest BCUT2D eigenvalue weighted by atomic mass is 35.5. The molecule has 2 aromatic carbocycles. The van der Waals surface area contributed by atoms with Crippen molar-refractivity contribution in [3.05, 3.63) is 59.7 Å². The molecular formula is C19H25ClN2O3. The van der Waals surface area contributed by atoms with Crippen molar-refractivity contribution in [3.63, 3.8) is 0 Å². The second-order valence-corrected chi connectivity index (χ2v) is 5.47. The molecule has 2 aromatic rings. The minimum atomic E-state index is -0.0767. The molecule has 25 heavy (non-hydrogen) atoms. The van der Waals surface area contributed by atoms with Gasteiger partial charge in [0.2, 0.25) is 5.91 Å². The Labute approximate surface area is 155 Å². The van der Waals surface area contributed by atoms with Gasteiger partial charge in [-0.3, -0.25) is 4.79 Å². The van der Waals surface area contributed by atoms with E-state index in [4.69, 9.17) is 9.47 Å². The number of halogens is 1. The normalized spacial score (nSPS) is 10.0. The SMILES string of the molecule is COCCNCC(=O)Nc1ccc(OCc2ccccc2)cc1C.Cl. The summed E-state index contributed by atoms with van der Waals surface area (Å²) in [6.45, 7) is 3.96. The summed E-state index contributed by atoms with van der Waals surface area (Å²) in [5, 5.41) is 5.90. The van der Waals surface area contributed by atoms with E-state index in [1.54, 1.807) is 7.11 Å². The summed E-state index contributed by atoms with van der Waals surface area (Å²) in [6.07, 6.45) is 0. The van der Waals surface area contributed by atoms with Crippen molar-refractivity contribution in [1.82, 2.24) is 5.32 Å². The number of benzene rings is 2. The average molecular weight is 365 g/mol. The number of aryl methyl sites for hydroxylation is 1. The zero-order valence-corrected chi connectivity index (χ0v) is 15.4. The molecule has 0 unspecified atom stereocenters. The van der Waals surface area contributed by atoms with Crippen molar-refractivity contribution in [2.24, 2.45) is 0 Å². The number of nitrogens with one attached hydrogen (secondary N) is 2. The van der Waals surface area contributed by atoms with Crippen LogP contribution in [0.5, 0.6) is 5.75 Å². The summed E-state index contributed by atoms with van der Waals surface area (Å²) in [4.78, 5) is 11.9. The summed E-state index contributed by atoms with van der Waals surface area (Å²) in [5.74, 6) is 0.708. The van der Waals surface area contributed by atoms with Crippen LogP contribution in [0.4, 0.5) is 5.69 Å². The zero-order chi connectivity index (χ0) is 17.2. The van der Waals surface area contributed by atoms with E-state index in [9.17, 15) is 4.79 Å². The molecule has 0 fully saturated rings. The lowest BCUT2D eigenvalue weighted by atomic mass is 10.2. The zero-order valence-electron chi connectivity index (χ0n) is 14.6. The molecule has 1 amide bonds. The van der Waals surface area contributed by atoms with Crippen molar-refractivity contribution in [1.29, 1.82) is 0 Å². The van der Waals surface area contributed by atoms with Gasteiger partial charge in [-0.25, -0.2) is 0 Å². The number of methoxy groups -OCH3 is 1. The Kier molecular flexibility index (Phi) is 9.62. The monoisotopic (exact) mass is 364 g/mol. The highest BCUT2D eigenvalue weighted by Gasteiger charge is 2.06. The topological polar surface area (TPSA) is 59.6 Å². The molecule has 0 aliphatic carbocycles. The van der Waals surface area contributed by atoms with Gasteiger partial charge in [0, 0.05) is 19.3 Å². The lowest BCUT2D eigenvalue weighted by Gasteiger charge is -2.12. The summed E-state index contributed by atoms with van der Waals surface area (Å²) in [6, 6.07) is 15.7. The number of carbonyl (C=O) groups is 1. The minimum absolute atomic E-state index is 0. The predicted molar refractivity (Wildman–Crippen MR) is 103 cm³/mol. The van der Waals surface area contributed by atoms with Gasteiger partial charge in [-0.15, -0.1) is 12.4 Å². The van der Waals surface area contributed by atoms with Crippen molar-refractivity contribution in [3.8, 4) is 5.75 Å². The molecule has 0 atom stereocenters. The maximum atomic E-state index is 11.9. The number of anilines is 1. The van der Waals surface area contributed by atoms with E-state index in [2.05, 4.69) is 10.6 Å². The third-order valence-electron chi connectivity index (χ3n) is 3.49. The second kappa shape index (κ2) is 11.5. The molecule has 5 nitrogen and oxygen atoms in total.